The summed E-state index contributed by atoms with van der Waals surface area (Å²) in [7, 11) is 0. The first-order valence-electron chi connectivity index (χ1n) is 6.18. The van der Waals surface area contributed by atoms with Crippen LogP contribution in [0, 0.1) is 0 Å². The number of carbonyl (C=O) groups is 1. The van der Waals surface area contributed by atoms with Gasteiger partial charge in [0, 0.05) is 12.4 Å². The fourth-order valence-corrected chi connectivity index (χ4v) is 2.09. The van der Waals surface area contributed by atoms with E-state index in [9.17, 15) is 4.79 Å². The van der Waals surface area contributed by atoms with Crippen molar-refractivity contribution in [1.82, 2.24) is 4.68 Å². The van der Waals surface area contributed by atoms with E-state index in [0.717, 1.165) is 17.0 Å². The maximum absolute atomic E-state index is 11.3. The fourth-order valence-electron chi connectivity index (χ4n) is 2.09. The number of benzene rings is 1. The quantitative estimate of drug-likeness (QED) is 0.885. The second kappa shape index (κ2) is 4.68. The van der Waals surface area contributed by atoms with E-state index in [0.29, 0.717) is 0 Å². The number of hydrogen-bond donors (Lipinski definition) is 2. The molecule has 0 aliphatic carbocycles. The van der Waals surface area contributed by atoms with E-state index >= 15 is 0 Å². The van der Waals surface area contributed by atoms with Crippen LogP contribution < -0.4 is 15.5 Å². The molecule has 1 aliphatic heterocycles. The normalized spacial score (nSPS) is 15.1. The number of carbonyl (C=O) groups excluding carboxylic acids is 1. The summed E-state index contributed by atoms with van der Waals surface area (Å²) in [5.74, 6) is 0.604. The van der Waals surface area contributed by atoms with Crippen molar-refractivity contribution in [2.45, 2.75) is 13.0 Å². The molecule has 98 valence electrons. The number of amides is 1. The number of aromatic nitrogens is 1. The first kappa shape index (κ1) is 11.6. The van der Waals surface area contributed by atoms with Crippen molar-refractivity contribution in [2.75, 3.05) is 17.3 Å². The van der Waals surface area contributed by atoms with Crippen LogP contribution in [0.25, 0.3) is 0 Å². The molecule has 0 bridgehead atoms. The minimum atomic E-state index is -0.115. The van der Waals surface area contributed by atoms with Crippen LogP contribution in [-0.2, 0) is 4.79 Å². The van der Waals surface area contributed by atoms with Gasteiger partial charge in [0.1, 0.15) is 5.75 Å². The third-order valence-corrected chi connectivity index (χ3v) is 3.08. The highest BCUT2D eigenvalue weighted by Gasteiger charge is 2.17. The van der Waals surface area contributed by atoms with Gasteiger partial charge in [0.25, 0.3) is 5.91 Å². The van der Waals surface area contributed by atoms with Gasteiger partial charge in [0.15, 0.2) is 6.61 Å². The Labute approximate surface area is 111 Å². The Bertz CT molecular complexity index is 593. The van der Waals surface area contributed by atoms with Crippen LogP contribution in [-0.4, -0.2) is 17.2 Å². The van der Waals surface area contributed by atoms with Crippen molar-refractivity contribution in [3.63, 3.8) is 0 Å². The van der Waals surface area contributed by atoms with Gasteiger partial charge in [-0.1, -0.05) is 6.07 Å². The highest BCUT2D eigenvalue weighted by atomic mass is 16.5. The third-order valence-electron chi connectivity index (χ3n) is 3.08. The van der Waals surface area contributed by atoms with Gasteiger partial charge < -0.3 is 15.5 Å². The predicted molar refractivity (Wildman–Crippen MR) is 72.8 cm³/mol. The topological polar surface area (TPSA) is 55.3 Å². The van der Waals surface area contributed by atoms with Crippen LogP contribution in [0.2, 0.25) is 0 Å². The second-order valence-electron chi connectivity index (χ2n) is 4.53. The monoisotopic (exact) mass is 257 g/mol. The summed E-state index contributed by atoms with van der Waals surface area (Å²) in [5, 5.41) is 2.82. The Kier molecular flexibility index (Phi) is 2.87. The molecule has 1 aromatic heterocycles. The Morgan fingerprint density at radius 2 is 2.16 bits per heavy atom. The predicted octanol–water partition coefficient (Wildman–Crippen LogP) is 2.12. The molecule has 2 heterocycles. The highest BCUT2D eigenvalue weighted by molar-refractivity contribution is 5.95. The second-order valence-corrected chi connectivity index (χ2v) is 4.53. The van der Waals surface area contributed by atoms with Crippen LogP contribution in [0.3, 0.4) is 0 Å². The summed E-state index contributed by atoms with van der Waals surface area (Å²) < 4.78 is 7.24. The van der Waals surface area contributed by atoms with Gasteiger partial charge in [0.05, 0.1) is 11.7 Å². The largest absolute Gasteiger partial charge is 0.482 e. The molecular weight excluding hydrogens is 242 g/mol. The number of ether oxygens (including phenoxy) is 1. The highest BCUT2D eigenvalue weighted by Crippen LogP contribution is 2.30. The lowest BCUT2D eigenvalue weighted by Crippen LogP contribution is -2.25. The molecule has 1 aliphatic rings. The molecule has 5 nitrogen and oxygen atoms in total. The Morgan fingerprint density at radius 1 is 1.37 bits per heavy atom. The molecule has 3 rings (SSSR count). The van der Waals surface area contributed by atoms with Crippen LogP contribution in [0.4, 0.5) is 5.69 Å². The van der Waals surface area contributed by atoms with E-state index in [1.807, 2.05) is 47.4 Å². The molecule has 0 spiro atoms. The summed E-state index contributed by atoms with van der Waals surface area (Å²) in [6, 6.07) is 9.86. The molecule has 1 aromatic carbocycles. The van der Waals surface area contributed by atoms with E-state index in [1.54, 1.807) is 0 Å². The van der Waals surface area contributed by atoms with Gasteiger partial charge in [0.2, 0.25) is 0 Å². The first-order valence-corrected chi connectivity index (χ1v) is 6.18. The van der Waals surface area contributed by atoms with Crippen LogP contribution in [0.15, 0.2) is 42.7 Å². The molecular formula is C14H15N3O2. The Balaban J connectivity index is 1.81. The van der Waals surface area contributed by atoms with E-state index in [1.165, 1.54) is 0 Å². The molecule has 19 heavy (non-hydrogen) atoms. The molecule has 1 amide bonds. The number of nitrogens with one attached hydrogen (secondary N) is 2. The molecule has 0 radical (unpaired) electrons. The van der Waals surface area contributed by atoms with Crippen molar-refractivity contribution in [3.8, 4) is 5.75 Å². The zero-order valence-electron chi connectivity index (χ0n) is 10.6. The summed E-state index contributed by atoms with van der Waals surface area (Å²) in [6.45, 7) is 2.15. The summed E-state index contributed by atoms with van der Waals surface area (Å²) in [4.78, 5) is 11.3. The maximum Gasteiger partial charge on any atom is 0.262 e. The number of nitrogens with zero attached hydrogens (tertiary/aromatic N) is 1. The fraction of sp³-hybridized carbons (Fsp3) is 0.214. The summed E-state index contributed by atoms with van der Waals surface area (Å²) in [5.41, 5.74) is 5.13. The number of rotatable bonds is 3. The smallest absolute Gasteiger partial charge is 0.262 e. The number of fused-ring (bicyclic) bond motifs is 1. The van der Waals surface area contributed by atoms with E-state index in [-0.39, 0.29) is 18.6 Å². The van der Waals surface area contributed by atoms with Crippen molar-refractivity contribution in [3.05, 3.63) is 48.3 Å². The summed E-state index contributed by atoms with van der Waals surface area (Å²) >= 11 is 0. The van der Waals surface area contributed by atoms with E-state index < -0.39 is 0 Å². The molecule has 1 unspecified atom stereocenters. The van der Waals surface area contributed by atoms with Gasteiger partial charge in [-0.15, -0.1) is 0 Å². The molecule has 1 atom stereocenters. The Hall–Kier alpha value is -2.43. The van der Waals surface area contributed by atoms with Crippen LogP contribution in [0.5, 0.6) is 5.75 Å². The van der Waals surface area contributed by atoms with Crippen molar-refractivity contribution >= 4 is 11.6 Å². The van der Waals surface area contributed by atoms with Gasteiger partial charge in [-0.3, -0.25) is 9.47 Å². The first-order chi connectivity index (χ1) is 9.22. The average Bonchev–Trinajstić information content (AvgIpc) is 2.90. The number of anilines is 1. The zero-order chi connectivity index (χ0) is 13.2. The zero-order valence-corrected chi connectivity index (χ0v) is 10.6. The molecule has 2 aromatic rings. The minimum Gasteiger partial charge on any atom is -0.482 e. The third kappa shape index (κ3) is 2.40. The molecule has 0 saturated carbocycles. The van der Waals surface area contributed by atoms with Crippen molar-refractivity contribution in [2.24, 2.45) is 0 Å². The molecule has 2 N–H and O–H groups in total. The van der Waals surface area contributed by atoms with E-state index in [4.69, 9.17) is 4.74 Å². The van der Waals surface area contributed by atoms with E-state index in [2.05, 4.69) is 17.7 Å². The van der Waals surface area contributed by atoms with Gasteiger partial charge in [-0.2, -0.15) is 0 Å². The van der Waals surface area contributed by atoms with Gasteiger partial charge in [-0.05, 0) is 36.8 Å². The lowest BCUT2D eigenvalue weighted by atomic mass is 10.1. The molecule has 0 fully saturated rings. The molecule has 5 heteroatoms. The average molecular weight is 257 g/mol. The van der Waals surface area contributed by atoms with Crippen LogP contribution in [0.1, 0.15) is 18.5 Å². The van der Waals surface area contributed by atoms with Crippen LogP contribution >= 0.6 is 0 Å². The van der Waals surface area contributed by atoms with Crippen molar-refractivity contribution in [1.29, 1.82) is 0 Å². The van der Waals surface area contributed by atoms with Gasteiger partial charge in [-0.25, -0.2) is 0 Å². The summed E-state index contributed by atoms with van der Waals surface area (Å²) in [6.07, 6.45) is 3.89. The maximum atomic E-state index is 11.3. The van der Waals surface area contributed by atoms with Crippen molar-refractivity contribution < 1.29 is 9.53 Å². The lowest BCUT2D eigenvalue weighted by Gasteiger charge is -2.21. The standard InChI is InChI=1S/C14H15N3O2/c1-10(16-17-6-2-3-7-17)11-4-5-13-12(8-11)15-14(18)9-19-13/h2-8,10,16H,9H2,1H3,(H,15,18). The lowest BCUT2D eigenvalue weighted by molar-refractivity contribution is -0.118. The molecule has 0 saturated heterocycles. The number of hydrogen-bond acceptors (Lipinski definition) is 3. The minimum absolute atomic E-state index is 0.0868. The van der Waals surface area contributed by atoms with Gasteiger partial charge >= 0.3 is 0 Å². The SMILES string of the molecule is CC(Nn1cccc1)c1ccc2c(c1)NC(=O)CO2. The Morgan fingerprint density at radius 3 is 2.95 bits per heavy atom.